The fourth-order valence-corrected chi connectivity index (χ4v) is 3.12. The fourth-order valence-electron chi connectivity index (χ4n) is 3.12. The van der Waals surface area contributed by atoms with Gasteiger partial charge in [-0.05, 0) is 31.0 Å². The van der Waals surface area contributed by atoms with Crippen molar-refractivity contribution in [1.82, 2.24) is 9.78 Å². The van der Waals surface area contributed by atoms with Crippen molar-refractivity contribution >= 4 is 17.3 Å². The number of anilines is 1. The lowest BCUT2D eigenvalue weighted by molar-refractivity contribution is -0.385. The summed E-state index contributed by atoms with van der Waals surface area (Å²) in [6.07, 6.45) is 6.82. The number of carbonyl (C=O) groups is 1. The van der Waals surface area contributed by atoms with Crippen molar-refractivity contribution in [2.45, 2.75) is 38.3 Å². The topological polar surface area (TPSA) is 99.3 Å². The molecule has 1 N–H and O–H groups in total. The van der Waals surface area contributed by atoms with Gasteiger partial charge in [-0.1, -0.05) is 12.8 Å². The Morgan fingerprint density at radius 3 is 2.84 bits per heavy atom. The van der Waals surface area contributed by atoms with E-state index in [9.17, 15) is 14.9 Å². The summed E-state index contributed by atoms with van der Waals surface area (Å²) < 4.78 is 6.63. The number of carbonyl (C=O) groups excluding carboxylic acids is 1. The Balaban J connectivity index is 1.70. The number of aromatic nitrogens is 2. The van der Waals surface area contributed by atoms with Gasteiger partial charge in [0.25, 0.3) is 5.69 Å². The van der Waals surface area contributed by atoms with E-state index in [1.54, 1.807) is 6.07 Å². The molecule has 25 heavy (non-hydrogen) atoms. The monoisotopic (exact) mass is 344 g/mol. The largest absolute Gasteiger partial charge is 0.465 e. The summed E-state index contributed by atoms with van der Waals surface area (Å²) in [5.74, 6) is -0.735. The van der Waals surface area contributed by atoms with Crippen LogP contribution in [0.4, 0.5) is 11.4 Å². The molecule has 1 saturated carbocycles. The molecule has 0 unspecified atom stereocenters. The highest BCUT2D eigenvalue weighted by molar-refractivity contribution is 5.95. The van der Waals surface area contributed by atoms with Gasteiger partial charge in [0.1, 0.15) is 5.56 Å². The standard InChI is InChI=1S/C17H20N4O4/c1-25-17(22)15-10-12(6-7-16(15)21(23)24)18-11-13-8-9-20(19-13)14-4-2-3-5-14/h6-10,14,18H,2-5,11H2,1H3. The van der Waals surface area contributed by atoms with Crippen LogP contribution in [-0.2, 0) is 11.3 Å². The molecule has 0 radical (unpaired) electrons. The number of rotatable bonds is 6. The van der Waals surface area contributed by atoms with Crippen LogP contribution in [0.25, 0.3) is 0 Å². The maximum atomic E-state index is 11.7. The highest BCUT2D eigenvalue weighted by Gasteiger charge is 2.21. The number of nitro groups is 1. The average Bonchev–Trinajstić information content (AvgIpc) is 3.30. The van der Waals surface area contributed by atoms with Gasteiger partial charge >= 0.3 is 5.97 Å². The third-order valence-electron chi connectivity index (χ3n) is 4.43. The molecule has 8 nitrogen and oxygen atoms in total. The molecule has 1 aliphatic rings. The zero-order chi connectivity index (χ0) is 17.8. The molecule has 0 atom stereocenters. The highest BCUT2D eigenvalue weighted by Crippen LogP contribution is 2.29. The molecule has 0 aliphatic heterocycles. The first-order valence-corrected chi connectivity index (χ1v) is 8.23. The maximum Gasteiger partial charge on any atom is 0.344 e. The van der Waals surface area contributed by atoms with Gasteiger partial charge in [0.2, 0.25) is 0 Å². The molecule has 8 heteroatoms. The molecule has 3 rings (SSSR count). The van der Waals surface area contributed by atoms with Crippen LogP contribution in [0.15, 0.2) is 30.5 Å². The second-order valence-electron chi connectivity index (χ2n) is 6.06. The molecule has 0 bridgehead atoms. The van der Waals surface area contributed by atoms with Gasteiger partial charge < -0.3 is 10.1 Å². The van der Waals surface area contributed by atoms with E-state index < -0.39 is 10.9 Å². The van der Waals surface area contributed by atoms with Crippen LogP contribution in [0.3, 0.4) is 0 Å². The van der Waals surface area contributed by atoms with Gasteiger partial charge in [-0.25, -0.2) is 4.79 Å². The van der Waals surface area contributed by atoms with E-state index in [4.69, 9.17) is 0 Å². The minimum absolute atomic E-state index is 0.0750. The number of esters is 1. The number of ether oxygens (including phenoxy) is 1. The average molecular weight is 344 g/mol. The first kappa shape index (κ1) is 16.9. The number of hydrogen-bond donors (Lipinski definition) is 1. The van der Waals surface area contributed by atoms with Crippen molar-refractivity contribution in [2.75, 3.05) is 12.4 Å². The van der Waals surface area contributed by atoms with E-state index in [2.05, 4.69) is 15.2 Å². The predicted octanol–water partition coefficient (Wildman–Crippen LogP) is 3.31. The molecule has 0 spiro atoms. The van der Waals surface area contributed by atoms with Crippen molar-refractivity contribution in [3.63, 3.8) is 0 Å². The Labute approximate surface area is 144 Å². The smallest absolute Gasteiger partial charge is 0.344 e. The van der Waals surface area contributed by atoms with Crippen LogP contribution < -0.4 is 5.32 Å². The van der Waals surface area contributed by atoms with Crippen LogP contribution in [-0.4, -0.2) is 27.8 Å². The van der Waals surface area contributed by atoms with Crippen LogP contribution >= 0.6 is 0 Å². The summed E-state index contributed by atoms with van der Waals surface area (Å²) in [6, 6.07) is 6.74. The Morgan fingerprint density at radius 1 is 1.40 bits per heavy atom. The van der Waals surface area contributed by atoms with Crippen LogP contribution in [0.1, 0.15) is 47.8 Å². The number of benzene rings is 1. The number of methoxy groups -OCH3 is 1. The SMILES string of the molecule is COC(=O)c1cc(NCc2ccn(C3CCCC3)n2)ccc1[N+](=O)[O-]. The van der Waals surface area contributed by atoms with E-state index in [0.29, 0.717) is 18.3 Å². The quantitative estimate of drug-likeness (QED) is 0.490. The Hall–Kier alpha value is -2.90. The van der Waals surface area contributed by atoms with E-state index >= 15 is 0 Å². The molecular weight excluding hydrogens is 324 g/mol. The Bertz CT molecular complexity index is 781. The molecule has 132 valence electrons. The van der Waals surface area contributed by atoms with Crippen molar-refractivity contribution in [3.8, 4) is 0 Å². The van der Waals surface area contributed by atoms with E-state index in [1.165, 1.54) is 44.9 Å². The zero-order valence-corrected chi connectivity index (χ0v) is 14.0. The molecule has 1 aromatic carbocycles. The molecule has 2 aromatic rings. The van der Waals surface area contributed by atoms with Gasteiger partial charge in [0.15, 0.2) is 0 Å². The number of nitrogens with one attached hydrogen (secondary N) is 1. The second-order valence-corrected chi connectivity index (χ2v) is 6.06. The van der Waals surface area contributed by atoms with E-state index in [-0.39, 0.29) is 11.3 Å². The molecule has 1 heterocycles. The van der Waals surface area contributed by atoms with Gasteiger partial charge in [-0.2, -0.15) is 5.10 Å². The molecule has 0 saturated heterocycles. The normalized spacial score (nSPS) is 14.4. The zero-order valence-electron chi connectivity index (χ0n) is 14.0. The predicted molar refractivity (Wildman–Crippen MR) is 91.5 cm³/mol. The molecule has 1 aliphatic carbocycles. The van der Waals surface area contributed by atoms with Crippen molar-refractivity contribution < 1.29 is 14.5 Å². The Morgan fingerprint density at radius 2 is 2.16 bits per heavy atom. The lowest BCUT2D eigenvalue weighted by atomic mass is 10.1. The van der Waals surface area contributed by atoms with Gasteiger partial charge in [-0.3, -0.25) is 14.8 Å². The minimum atomic E-state index is -0.735. The maximum absolute atomic E-state index is 11.7. The van der Waals surface area contributed by atoms with Crippen LogP contribution in [0, 0.1) is 10.1 Å². The fraction of sp³-hybridized carbons (Fsp3) is 0.412. The minimum Gasteiger partial charge on any atom is -0.465 e. The van der Waals surface area contributed by atoms with Gasteiger partial charge in [0.05, 0.1) is 30.3 Å². The number of hydrogen-bond acceptors (Lipinski definition) is 6. The third-order valence-corrected chi connectivity index (χ3v) is 4.43. The van der Waals surface area contributed by atoms with Crippen molar-refractivity contribution in [1.29, 1.82) is 0 Å². The third kappa shape index (κ3) is 3.78. The summed E-state index contributed by atoms with van der Waals surface area (Å²) in [6.45, 7) is 0.470. The summed E-state index contributed by atoms with van der Waals surface area (Å²) in [5.41, 5.74) is 1.13. The summed E-state index contributed by atoms with van der Waals surface area (Å²) in [7, 11) is 1.20. The summed E-state index contributed by atoms with van der Waals surface area (Å²) >= 11 is 0. The van der Waals surface area contributed by atoms with E-state index in [0.717, 1.165) is 5.69 Å². The Kier molecular flexibility index (Phi) is 4.97. The lowest BCUT2D eigenvalue weighted by Crippen LogP contribution is -2.09. The molecule has 1 fully saturated rings. The van der Waals surface area contributed by atoms with E-state index in [1.807, 2.05) is 16.9 Å². The number of nitrogens with zero attached hydrogens (tertiary/aromatic N) is 3. The second kappa shape index (κ2) is 7.33. The first-order chi connectivity index (χ1) is 12.1. The van der Waals surface area contributed by atoms with Crippen LogP contribution in [0.2, 0.25) is 0 Å². The summed E-state index contributed by atoms with van der Waals surface area (Å²) in [5, 5.41) is 18.8. The summed E-state index contributed by atoms with van der Waals surface area (Å²) in [4.78, 5) is 22.2. The number of nitro benzene ring substituents is 1. The molecule has 0 amide bonds. The lowest BCUT2D eigenvalue weighted by Gasteiger charge is -2.09. The van der Waals surface area contributed by atoms with Crippen molar-refractivity contribution in [3.05, 3.63) is 51.8 Å². The highest BCUT2D eigenvalue weighted by atomic mass is 16.6. The molecule has 1 aromatic heterocycles. The van der Waals surface area contributed by atoms with Gasteiger partial charge in [-0.15, -0.1) is 0 Å². The van der Waals surface area contributed by atoms with Gasteiger partial charge in [0, 0.05) is 18.0 Å². The first-order valence-electron chi connectivity index (χ1n) is 8.23. The van der Waals surface area contributed by atoms with Crippen LogP contribution in [0.5, 0.6) is 0 Å². The molecular formula is C17H20N4O4. The van der Waals surface area contributed by atoms with Crippen molar-refractivity contribution in [2.24, 2.45) is 0 Å².